The van der Waals surface area contributed by atoms with Gasteiger partial charge < -0.3 is 20.5 Å². The Morgan fingerprint density at radius 1 is 1.47 bits per heavy atom. The molecule has 5 nitrogen and oxygen atoms in total. The van der Waals surface area contributed by atoms with E-state index in [2.05, 4.69) is 4.98 Å². The van der Waals surface area contributed by atoms with Gasteiger partial charge in [0.1, 0.15) is 10.8 Å². The lowest BCUT2D eigenvalue weighted by atomic mass is 10.1. The van der Waals surface area contributed by atoms with Crippen LogP contribution in [0.15, 0.2) is 6.07 Å². The molecule has 0 aliphatic carbocycles. The number of thiocarbonyl (C=S) groups is 1. The van der Waals surface area contributed by atoms with Crippen molar-refractivity contribution in [1.82, 2.24) is 4.98 Å². The first-order valence-corrected chi connectivity index (χ1v) is 6.54. The Morgan fingerprint density at radius 3 is 2.68 bits per heavy atom. The number of hydrogen-bond acceptors (Lipinski definition) is 5. The molecule has 106 valence electrons. The summed E-state index contributed by atoms with van der Waals surface area (Å²) < 4.78 is 5.09. The van der Waals surface area contributed by atoms with E-state index in [1.165, 1.54) is 0 Å². The number of nitrogens with zero attached hydrogens (tertiary/aromatic N) is 2. The zero-order valence-corrected chi connectivity index (χ0v) is 12.5. The van der Waals surface area contributed by atoms with Crippen LogP contribution in [0.3, 0.4) is 0 Å². The fourth-order valence-electron chi connectivity index (χ4n) is 2.00. The molecule has 0 aromatic carbocycles. The number of nitrogens with two attached hydrogens (primary N) is 1. The maximum Gasteiger partial charge on any atom is 0.139 e. The molecule has 0 saturated carbocycles. The lowest BCUT2D eigenvalue weighted by Crippen LogP contribution is -2.33. The number of rotatable bonds is 7. The van der Waals surface area contributed by atoms with E-state index in [1.807, 2.05) is 24.8 Å². The fourth-order valence-corrected chi connectivity index (χ4v) is 2.25. The van der Waals surface area contributed by atoms with Crippen molar-refractivity contribution in [3.63, 3.8) is 0 Å². The van der Waals surface area contributed by atoms with Crippen molar-refractivity contribution in [3.05, 3.63) is 22.9 Å². The smallest absolute Gasteiger partial charge is 0.139 e. The highest BCUT2D eigenvalue weighted by Gasteiger charge is 2.17. The van der Waals surface area contributed by atoms with Crippen LogP contribution in [0.1, 0.15) is 16.8 Å². The lowest BCUT2D eigenvalue weighted by molar-refractivity contribution is 0.202. The Labute approximate surface area is 119 Å². The minimum Gasteiger partial charge on any atom is -0.395 e. The van der Waals surface area contributed by atoms with Crippen LogP contribution in [0.2, 0.25) is 0 Å². The molecular weight excluding hydrogens is 262 g/mol. The number of anilines is 1. The molecule has 0 spiro atoms. The standard InChI is InChI=1S/C13H21N3O2S/c1-9-8-10(2)15-13(11(9)12(14)19)16(4-6-17)5-7-18-3/h8,17H,4-7H2,1-3H3,(H2,14,19). The summed E-state index contributed by atoms with van der Waals surface area (Å²) in [5.74, 6) is 0.719. The van der Waals surface area contributed by atoms with Crippen LogP contribution >= 0.6 is 12.2 Å². The molecule has 3 N–H and O–H groups in total. The van der Waals surface area contributed by atoms with Crippen molar-refractivity contribution < 1.29 is 9.84 Å². The predicted octanol–water partition coefficient (Wildman–Crippen LogP) is 0.778. The van der Waals surface area contributed by atoms with Gasteiger partial charge in [-0.2, -0.15) is 0 Å². The first-order valence-electron chi connectivity index (χ1n) is 6.14. The Balaban J connectivity index is 3.22. The van der Waals surface area contributed by atoms with Gasteiger partial charge in [-0.25, -0.2) is 4.98 Å². The summed E-state index contributed by atoms with van der Waals surface area (Å²) in [4.78, 5) is 6.78. The molecule has 1 heterocycles. The Morgan fingerprint density at radius 2 is 2.16 bits per heavy atom. The van der Waals surface area contributed by atoms with Gasteiger partial charge >= 0.3 is 0 Å². The van der Waals surface area contributed by atoms with E-state index < -0.39 is 0 Å². The van der Waals surface area contributed by atoms with Crippen LogP contribution in [0.25, 0.3) is 0 Å². The molecule has 6 heteroatoms. The number of ether oxygens (including phenoxy) is 1. The largest absolute Gasteiger partial charge is 0.395 e. The van der Waals surface area contributed by atoms with Crippen molar-refractivity contribution in [2.45, 2.75) is 13.8 Å². The van der Waals surface area contributed by atoms with Gasteiger partial charge in [-0.3, -0.25) is 0 Å². The number of pyridine rings is 1. The number of aliphatic hydroxyl groups is 1. The normalized spacial score (nSPS) is 10.5. The molecule has 0 aliphatic rings. The van der Waals surface area contributed by atoms with Gasteiger partial charge in [0.2, 0.25) is 0 Å². The topological polar surface area (TPSA) is 71.6 Å². The minimum absolute atomic E-state index is 0.0369. The van der Waals surface area contributed by atoms with Crippen molar-refractivity contribution in [3.8, 4) is 0 Å². The quantitative estimate of drug-likeness (QED) is 0.721. The minimum atomic E-state index is 0.0369. The van der Waals surface area contributed by atoms with Crippen molar-refractivity contribution in [2.24, 2.45) is 5.73 Å². The van der Waals surface area contributed by atoms with Crippen molar-refractivity contribution in [2.75, 3.05) is 38.3 Å². The highest BCUT2D eigenvalue weighted by molar-refractivity contribution is 7.80. The lowest BCUT2D eigenvalue weighted by Gasteiger charge is -2.26. The van der Waals surface area contributed by atoms with Crippen LogP contribution < -0.4 is 10.6 Å². The van der Waals surface area contributed by atoms with E-state index in [4.69, 9.17) is 22.7 Å². The van der Waals surface area contributed by atoms with Gasteiger partial charge in [-0.1, -0.05) is 12.2 Å². The molecule has 0 amide bonds. The number of aliphatic hydroxyl groups excluding tert-OH is 1. The molecule has 0 radical (unpaired) electrons. The number of aromatic nitrogens is 1. The summed E-state index contributed by atoms with van der Waals surface area (Å²) in [5, 5.41) is 9.19. The molecular formula is C13H21N3O2S. The Hall–Kier alpha value is -1.24. The van der Waals surface area contributed by atoms with Crippen molar-refractivity contribution >= 4 is 23.0 Å². The van der Waals surface area contributed by atoms with Crippen LogP contribution in [-0.4, -0.2) is 48.5 Å². The van der Waals surface area contributed by atoms with E-state index in [0.717, 1.165) is 22.6 Å². The molecule has 0 bridgehead atoms. The highest BCUT2D eigenvalue weighted by atomic mass is 32.1. The third-order valence-corrected chi connectivity index (χ3v) is 3.01. The van der Waals surface area contributed by atoms with Crippen molar-refractivity contribution in [1.29, 1.82) is 0 Å². The highest BCUT2D eigenvalue weighted by Crippen LogP contribution is 2.22. The zero-order valence-electron chi connectivity index (χ0n) is 11.6. The van der Waals surface area contributed by atoms with Gasteiger partial charge in [0.25, 0.3) is 0 Å². The second-order valence-corrected chi connectivity index (χ2v) is 4.79. The Bertz CT molecular complexity index is 452. The fraction of sp³-hybridized carbons (Fsp3) is 0.538. The summed E-state index contributed by atoms with van der Waals surface area (Å²) >= 11 is 5.11. The molecule has 0 unspecified atom stereocenters. The van der Waals surface area contributed by atoms with E-state index in [-0.39, 0.29) is 6.61 Å². The summed E-state index contributed by atoms with van der Waals surface area (Å²) in [7, 11) is 1.64. The van der Waals surface area contributed by atoms with E-state index in [0.29, 0.717) is 24.7 Å². The first-order chi connectivity index (χ1) is 9.01. The van der Waals surface area contributed by atoms with Crippen LogP contribution in [-0.2, 0) is 4.74 Å². The second-order valence-electron chi connectivity index (χ2n) is 4.35. The van der Waals surface area contributed by atoms with Crippen LogP contribution in [0.4, 0.5) is 5.82 Å². The third kappa shape index (κ3) is 4.12. The number of aryl methyl sites for hydroxylation is 2. The maximum absolute atomic E-state index is 9.19. The molecule has 0 saturated heterocycles. The summed E-state index contributed by atoms with van der Waals surface area (Å²) in [5.41, 5.74) is 8.46. The molecule has 1 rings (SSSR count). The summed E-state index contributed by atoms with van der Waals surface area (Å²) in [6.45, 7) is 5.56. The molecule has 0 aliphatic heterocycles. The molecule has 0 fully saturated rings. The predicted molar refractivity (Wildman–Crippen MR) is 80.8 cm³/mol. The van der Waals surface area contributed by atoms with E-state index in [9.17, 15) is 5.11 Å². The third-order valence-electron chi connectivity index (χ3n) is 2.81. The molecule has 1 aromatic heterocycles. The van der Waals surface area contributed by atoms with E-state index in [1.54, 1.807) is 7.11 Å². The Kier molecular flexibility index (Phi) is 6.14. The van der Waals surface area contributed by atoms with Gasteiger partial charge in [0.05, 0.1) is 18.8 Å². The first kappa shape index (κ1) is 15.8. The van der Waals surface area contributed by atoms with Gasteiger partial charge in [-0.05, 0) is 25.5 Å². The molecule has 19 heavy (non-hydrogen) atoms. The van der Waals surface area contributed by atoms with E-state index >= 15 is 0 Å². The van der Waals surface area contributed by atoms with Gasteiger partial charge in [-0.15, -0.1) is 0 Å². The molecule has 0 atom stereocenters. The number of hydrogen-bond donors (Lipinski definition) is 2. The summed E-state index contributed by atoms with van der Waals surface area (Å²) in [6, 6.07) is 1.95. The van der Waals surface area contributed by atoms with Gasteiger partial charge in [0.15, 0.2) is 0 Å². The van der Waals surface area contributed by atoms with Crippen LogP contribution in [0.5, 0.6) is 0 Å². The average Bonchev–Trinajstić information content (AvgIpc) is 2.32. The zero-order chi connectivity index (χ0) is 14.4. The monoisotopic (exact) mass is 283 g/mol. The number of methoxy groups -OCH3 is 1. The summed E-state index contributed by atoms with van der Waals surface area (Å²) in [6.07, 6.45) is 0. The van der Waals surface area contributed by atoms with Crippen LogP contribution in [0, 0.1) is 13.8 Å². The second kappa shape index (κ2) is 7.37. The molecule has 1 aromatic rings. The SMILES string of the molecule is COCCN(CCO)c1nc(C)cc(C)c1C(N)=S. The van der Waals surface area contributed by atoms with Gasteiger partial charge in [0, 0.05) is 25.9 Å². The average molecular weight is 283 g/mol. The maximum atomic E-state index is 9.19.